The highest BCUT2D eigenvalue weighted by atomic mass is 19.3. The number of aromatic nitrogens is 3. The van der Waals surface area contributed by atoms with Crippen molar-refractivity contribution in [2.24, 2.45) is 0 Å². The normalized spacial score (nSPS) is 16.2. The lowest BCUT2D eigenvalue weighted by molar-refractivity contribution is 0.146. The summed E-state index contributed by atoms with van der Waals surface area (Å²) in [5.41, 5.74) is 1.03. The van der Waals surface area contributed by atoms with Gasteiger partial charge in [-0.1, -0.05) is 18.2 Å². The summed E-state index contributed by atoms with van der Waals surface area (Å²) in [7, 11) is 2.09. The van der Waals surface area contributed by atoms with Crippen LogP contribution in [0.5, 0.6) is 0 Å². The molecule has 1 aromatic carbocycles. The van der Waals surface area contributed by atoms with Crippen molar-refractivity contribution < 1.29 is 13.2 Å². The number of likely N-dealkylation sites (N-methyl/N-ethyl adjacent to an activating group) is 1. The second kappa shape index (κ2) is 8.66. The molecule has 0 radical (unpaired) electrons. The Kier molecular flexibility index (Phi) is 5.95. The maximum absolute atomic E-state index is 14.6. The largest absolute Gasteiger partial charge is 0.363 e. The molecule has 3 heterocycles. The predicted molar refractivity (Wildman–Crippen MR) is 115 cm³/mol. The minimum atomic E-state index is -2.87. The Morgan fingerprint density at radius 1 is 1.06 bits per heavy atom. The molecule has 0 aliphatic carbocycles. The van der Waals surface area contributed by atoms with Crippen LogP contribution in [0.3, 0.4) is 0 Å². The van der Waals surface area contributed by atoms with Crippen LogP contribution in [0.2, 0.25) is 0 Å². The van der Waals surface area contributed by atoms with E-state index in [0.29, 0.717) is 11.3 Å². The fraction of sp³-hybridized carbons (Fsp3) is 0.409. The van der Waals surface area contributed by atoms with Crippen molar-refractivity contribution in [3.05, 3.63) is 53.2 Å². The second-order valence-corrected chi connectivity index (χ2v) is 7.89. The van der Waals surface area contributed by atoms with E-state index in [2.05, 4.69) is 32.1 Å². The molecule has 2 aromatic heterocycles. The Morgan fingerprint density at radius 3 is 2.48 bits per heavy atom. The number of rotatable bonds is 5. The Hall–Kier alpha value is -2.94. The van der Waals surface area contributed by atoms with Crippen molar-refractivity contribution in [1.29, 1.82) is 0 Å². The van der Waals surface area contributed by atoms with Crippen molar-refractivity contribution in [1.82, 2.24) is 19.9 Å². The minimum Gasteiger partial charge on any atom is -0.363 e. The number of pyridine rings is 1. The molecule has 1 atom stereocenters. The SMILES string of the molecule is Cc1nc(N2CCN(C)CC2)cc2c(N[C@H](C)c3cccc(C(F)F)c3F)ncnc12. The van der Waals surface area contributed by atoms with E-state index in [-0.39, 0.29) is 5.56 Å². The number of nitrogens with one attached hydrogen (secondary N) is 1. The zero-order valence-corrected chi connectivity index (χ0v) is 17.7. The molecule has 3 aromatic rings. The molecule has 4 rings (SSSR count). The Bertz CT molecular complexity index is 1080. The molecule has 0 bridgehead atoms. The van der Waals surface area contributed by atoms with E-state index in [1.165, 1.54) is 18.5 Å². The van der Waals surface area contributed by atoms with Gasteiger partial charge in [0.25, 0.3) is 6.43 Å². The number of halogens is 3. The smallest absolute Gasteiger partial charge is 0.266 e. The van der Waals surface area contributed by atoms with Gasteiger partial charge in [0.2, 0.25) is 0 Å². The van der Waals surface area contributed by atoms with Crippen LogP contribution in [0.4, 0.5) is 24.8 Å². The van der Waals surface area contributed by atoms with Gasteiger partial charge in [0.05, 0.1) is 22.8 Å². The molecule has 0 spiro atoms. The maximum Gasteiger partial charge on any atom is 0.266 e. The van der Waals surface area contributed by atoms with Crippen LogP contribution in [-0.2, 0) is 0 Å². The zero-order valence-electron chi connectivity index (χ0n) is 17.7. The highest BCUT2D eigenvalue weighted by molar-refractivity contribution is 5.92. The molecule has 0 unspecified atom stereocenters. The minimum absolute atomic E-state index is 0.162. The molecule has 31 heavy (non-hydrogen) atoms. The van der Waals surface area contributed by atoms with Crippen molar-refractivity contribution in [3.63, 3.8) is 0 Å². The van der Waals surface area contributed by atoms with Gasteiger partial charge in [0.15, 0.2) is 0 Å². The first kappa shape index (κ1) is 21.3. The monoisotopic (exact) mass is 430 g/mol. The number of piperazine rings is 1. The van der Waals surface area contributed by atoms with Crippen molar-refractivity contribution >= 4 is 22.5 Å². The number of alkyl halides is 2. The number of hydrogen-bond acceptors (Lipinski definition) is 6. The van der Waals surface area contributed by atoms with E-state index < -0.39 is 23.8 Å². The average molecular weight is 430 g/mol. The van der Waals surface area contributed by atoms with E-state index in [0.717, 1.165) is 49.1 Å². The van der Waals surface area contributed by atoms with Crippen LogP contribution in [0.1, 0.15) is 36.2 Å². The predicted octanol–water partition coefficient (Wildman–Crippen LogP) is 4.33. The third-order valence-electron chi connectivity index (χ3n) is 5.72. The van der Waals surface area contributed by atoms with Gasteiger partial charge in [-0.05, 0) is 27.0 Å². The Balaban J connectivity index is 1.69. The lowest BCUT2D eigenvalue weighted by Gasteiger charge is -2.33. The highest BCUT2D eigenvalue weighted by Crippen LogP contribution is 2.31. The number of nitrogens with zero attached hydrogens (tertiary/aromatic N) is 5. The first-order chi connectivity index (χ1) is 14.8. The van der Waals surface area contributed by atoms with Crippen LogP contribution in [0, 0.1) is 12.7 Å². The molecule has 6 nitrogen and oxygen atoms in total. The molecule has 1 aliphatic heterocycles. The van der Waals surface area contributed by atoms with Crippen LogP contribution in [0.25, 0.3) is 10.9 Å². The number of aryl methyl sites for hydroxylation is 1. The summed E-state index contributed by atoms with van der Waals surface area (Å²) >= 11 is 0. The Labute approximate surface area is 179 Å². The first-order valence-corrected chi connectivity index (χ1v) is 10.2. The van der Waals surface area contributed by atoms with Crippen molar-refractivity contribution in [3.8, 4) is 0 Å². The van der Waals surface area contributed by atoms with Crippen LogP contribution < -0.4 is 10.2 Å². The van der Waals surface area contributed by atoms with Crippen molar-refractivity contribution in [2.75, 3.05) is 43.4 Å². The first-order valence-electron chi connectivity index (χ1n) is 10.2. The molecule has 1 aliphatic rings. The maximum atomic E-state index is 14.6. The lowest BCUT2D eigenvalue weighted by atomic mass is 10.0. The summed E-state index contributed by atoms with van der Waals surface area (Å²) in [4.78, 5) is 17.9. The molecule has 1 N–H and O–H groups in total. The summed E-state index contributed by atoms with van der Waals surface area (Å²) in [5.74, 6) is 0.460. The highest BCUT2D eigenvalue weighted by Gasteiger charge is 2.21. The van der Waals surface area contributed by atoms with Gasteiger partial charge in [-0.25, -0.2) is 28.1 Å². The molecular weight excluding hydrogens is 405 g/mol. The van der Waals surface area contributed by atoms with Gasteiger partial charge in [0, 0.05) is 37.1 Å². The fourth-order valence-electron chi connectivity index (χ4n) is 3.87. The van der Waals surface area contributed by atoms with E-state index >= 15 is 0 Å². The lowest BCUT2D eigenvalue weighted by Crippen LogP contribution is -2.44. The van der Waals surface area contributed by atoms with E-state index in [1.54, 1.807) is 6.92 Å². The summed E-state index contributed by atoms with van der Waals surface area (Å²) in [5, 5.41) is 3.95. The molecule has 164 valence electrons. The third-order valence-corrected chi connectivity index (χ3v) is 5.72. The van der Waals surface area contributed by atoms with Gasteiger partial charge in [-0.3, -0.25) is 0 Å². The van der Waals surface area contributed by atoms with Crippen LogP contribution in [0.15, 0.2) is 30.6 Å². The average Bonchev–Trinajstić information content (AvgIpc) is 2.74. The van der Waals surface area contributed by atoms with Crippen molar-refractivity contribution in [2.45, 2.75) is 26.3 Å². The zero-order chi connectivity index (χ0) is 22.1. The molecule has 1 saturated heterocycles. The van der Waals surface area contributed by atoms with Gasteiger partial charge >= 0.3 is 0 Å². The molecule has 0 amide bonds. The van der Waals surface area contributed by atoms with Crippen LogP contribution >= 0.6 is 0 Å². The third kappa shape index (κ3) is 4.27. The van der Waals surface area contributed by atoms with Crippen LogP contribution in [-0.4, -0.2) is 53.1 Å². The van der Waals surface area contributed by atoms with Gasteiger partial charge in [-0.15, -0.1) is 0 Å². The number of hydrogen-bond donors (Lipinski definition) is 1. The molecule has 1 fully saturated rings. The topological polar surface area (TPSA) is 57.2 Å². The summed E-state index contributed by atoms with van der Waals surface area (Å²) in [6.45, 7) is 7.25. The Morgan fingerprint density at radius 2 is 1.77 bits per heavy atom. The summed E-state index contributed by atoms with van der Waals surface area (Å²) in [6, 6.07) is 5.42. The van der Waals surface area contributed by atoms with Gasteiger partial charge < -0.3 is 15.1 Å². The van der Waals surface area contributed by atoms with E-state index in [1.807, 2.05) is 13.0 Å². The quantitative estimate of drug-likeness (QED) is 0.650. The molecule has 0 saturated carbocycles. The number of anilines is 2. The van der Waals surface area contributed by atoms with Gasteiger partial charge in [0.1, 0.15) is 23.8 Å². The van der Waals surface area contributed by atoms with Gasteiger partial charge in [-0.2, -0.15) is 0 Å². The van der Waals surface area contributed by atoms with E-state index in [4.69, 9.17) is 4.98 Å². The number of fused-ring (bicyclic) bond motifs is 1. The fourth-order valence-corrected chi connectivity index (χ4v) is 3.87. The standard InChI is InChI=1S/C22H25F3N6/c1-13(15-5-4-6-16(19(15)23)21(24)25)29-22-17-11-18(31-9-7-30(3)8-10-31)28-14(2)20(17)26-12-27-22/h4-6,11-13,21H,7-10H2,1-3H3,(H,26,27,29)/t13-/m1/s1. The number of benzene rings is 1. The molecule has 9 heteroatoms. The molecular formula is C22H25F3N6. The summed E-state index contributed by atoms with van der Waals surface area (Å²) < 4.78 is 40.8. The summed E-state index contributed by atoms with van der Waals surface area (Å²) in [6.07, 6.45) is -1.44. The second-order valence-electron chi connectivity index (χ2n) is 7.89. The van der Waals surface area contributed by atoms with E-state index in [9.17, 15) is 13.2 Å².